The number of hydrogen-bond donors (Lipinski definition) is 0. The maximum Gasteiger partial charge on any atom is -0.0358 e. The average Bonchev–Trinajstić information content (AvgIpc) is 3.37. The molecule has 0 aromatic rings. The minimum Gasteiger partial charge on any atom is -0.0776 e. The van der Waals surface area contributed by atoms with E-state index in [0.29, 0.717) is 0 Å². The Bertz CT molecular complexity index is 457. The van der Waals surface area contributed by atoms with Crippen LogP contribution >= 0.6 is 0 Å². The van der Waals surface area contributed by atoms with Gasteiger partial charge in [0.2, 0.25) is 0 Å². The Labute approximate surface area is 281 Å². The van der Waals surface area contributed by atoms with Gasteiger partial charge in [0.05, 0.1) is 0 Å². The standard InChI is InChI=1S/C26H52.C8H18.C3H8.2C2H6.2CH4/c1-9-12-24(23(8)19(3)4)14-11-13-20(5)15-16-22(7)26-18-17-21(6)25(26)10-2;1-5-7(3)8(4)6-2;1-3-2;2*1-2;;/h19-26H,9-18H2,1-8H3;7-8H,5-6H2,1-4H3;3H2,1-2H3;2*1-2H3;2*1H4. The third kappa shape index (κ3) is 28.0. The second kappa shape index (κ2) is 38.2. The summed E-state index contributed by atoms with van der Waals surface area (Å²) < 4.78 is 0. The second-order valence-corrected chi connectivity index (χ2v) is 14.0. The van der Waals surface area contributed by atoms with Crippen molar-refractivity contribution in [2.45, 2.75) is 223 Å². The summed E-state index contributed by atoms with van der Waals surface area (Å²) in [6.45, 7) is 41.1. The first-order valence-corrected chi connectivity index (χ1v) is 19.4. The van der Waals surface area contributed by atoms with Crippen LogP contribution in [0.1, 0.15) is 223 Å². The molecule has 1 saturated carbocycles. The van der Waals surface area contributed by atoms with Crippen LogP contribution in [-0.2, 0) is 0 Å². The van der Waals surface area contributed by atoms with Crippen LogP contribution in [0.2, 0.25) is 0 Å². The van der Waals surface area contributed by atoms with E-state index in [0.717, 1.165) is 59.2 Å². The van der Waals surface area contributed by atoms with Gasteiger partial charge >= 0.3 is 0 Å². The first-order valence-electron chi connectivity index (χ1n) is 19.4. The largest absolute Gasteiger partial charge is 0.0776 e. The highest BCUT2D eigenvalue weighted by Gasteiger charge is 2.35. The molecule has 1 fully saturated rings. The topological polar surface area (TPSA) is 0 Å². The molecule has 0 nitrogen and oxygen atoms in total. The molecule has 9 atom stereocenters. The molecule has 43 heavy (non-hydrogen) atoms. The monoisotopic (exact) mass is 615 g/mol. The molecule has 0 aliphatic heterocycles. The molecule has 0 saturated heterocycles. The van der Waals surface area contributed by atoms with Gasteiger partial charge in [0.25, 0.3) is 0 Å². The van der Waals surface area contributed by atoms with E-state index in [1.54, 1.807) is 0 Å². The van der Waals surface area contributed by atoms with Crippen LogP contribution in [0.25, 0.3) is 0 Å². The fourth-order valence-electron chi connectivity index (χ4n) is 6.74. The molecule has 0 bridgehead atoms. The van der Waals surface area contributed by atoms with Gasteiger partial charge < -0.3 is 0 Å². The summed E-state index contributed by atoms with van der Waals surface area (Å²) in [5.74, 6) is 9.38. The van der Waals surface area contributed by atoms with Crippen molar-refractivity contribution in [3.05, 3.63) is 0 Å². The molecule has 0 radical (unpaired) electrons. The highest BCUT2D eigenvalue weighted by atomic mass is 14.4. The molecule has 0 N–H and O–H groups in total. The molecule has 0 aromatic heterocycles. The van der Waals surface area contributed by atoms with Crippen LogP contribution in [0.5, 0.6) is 0 Å². The van der Waals surface area contributed by atoms with Crippen molar-refractivity contribution in [1.29, 1.82) is 0 Å². The maximum absolute atomic E-state index is 2.56. The van der Waals surface area contributed by atoms with Crippen molar-refractivity contribution in [2.75, 3.05) is 0 Å². The number of hydrogen-bond acceptors (Lipinski definition) is 0. The van der Waals surface area contributed by atoms with E-state index in [4.69, 9.17) is 0 Å². The van der Waals surface area contributed by atoms with Crippen LogP contribution in [0.4, 0.5) is 0 Å². The predicted molar refractivity (Wildman–Crippen MR) is 211 cm³/mol. The Hall–Kier alpha value is 0. The summed E-state index contributed by atoms with van der Waals surface area (Å²) in [6.07, 6.45) is 18.4. The Morgan fingerprint density at radius 2 is 1.07 bits per heavy atom. The zero-order valence-electron chi connectivity index (χ0n) is 33.0. The first kappa shape index (κ1) is 55.4. The van der Waals surface area contributed by atoms with Crippen LogP contribution in [0, 0.1) is 59.2 Å². The Kier molecular flexibility index (Phi) is 49.2. The third-order valence-corrected chi connectivity index (χ3v) is 10.5. The van der Waals surface area contributed by atoms with Crippen LogP contribution in [-0.4, -0.2) is 0 Å². The highest BCUT2D eigenvalue weighted by Crippen LogP contribution is 2.44. The fourth-order valence-corrected chi connectivity index (χ4v) is 6.74. The van der Waals surface area contributed by atoms with Gasteiger partial charge in [-0.05, 0) is 65.6 Å². The van der Waals surface area contributed by atoms with Crippen molar-refractivity contribution in [2.24, 2.45) is 59.2 Å². The summed E-state index contributed by atoms with van der Waals surface area (Å²) >= 11 is 0. The van der Waals surface area contributed by atoms with E-state index in [1.165, 1.54) is 83.5 Å². The Balaban J connectivity index is -0.000000169. The van der Waals surface area contributed by atoms with Gasteiger partial charge in [-0.3, -0.25) is 0 Å². The first-order chi connectivity index (χ1) is 19.4. The molecule has 0 heterocycles. The van der Waals surface area contributed by atoms with Crippen molar-refractivity contribution in [1.82, 2.24) is 0 Å². The van der Waals surface area contributed by atoms with Gasteiger partial charge in [0, 0.05) is 0 Å². The van der Waals surface area contributed by atoms with E-state index in [2.05, 4.69) is 96.9 Å². The van der Waals surface area contributed by atoms with Crippen LogP contribution in [0.15, 0.2) is 0 Å². The quantitative estimate of drug-likeness (QED) is 0.162. The lowest BCUT2D eigenvalue weighted by Crippen LogP contribution is -2.20. The van der Waals surface area contributed by atoms with E-state index in [9.17, 15) is 0 Å². The molecule has 1 aliphatic rings. The highest BCUT2D eigenvalue weighted by molar-refractivity contribution is 4.85. The Morgan fingerprint density at radius 3 is 1.44 bits per heavy atom. The predicted octanol–water partition coefficient (Wildman–Crippen LogP) is 16.8. The lowest BCUT2D eigenvalue weighted by molar-refractivity contribution is 0.215. The summed E-state index contributed by atoms with van der Waals surface area (Å²) in [5, 5.41) is 0. The van der Waals surface area contributed by atoms with Gasteiger partial charge in [-0.25, -0.2) is 0 Å². The average molecular weight is 615 g/mol. The fraction of sp³-hybridized carbons (Fsp3) is 1.00. The molecule has 0 spiro atoms. The second-order valence-electron chi connectivity index (χ2n) is 14.0. The summed E-state index contributed by atoms with van der Waals surface area (Å²) in [6, 6.07) is 0. The molecule has 0 aromatic carbocycles. The zero-order valence-corrected chi connectivity index (χ0v) is 33.0. The lowest BCUT2D eigenvalue weighted by atomic mass is 9.77. The molecular formula is C43H98. The van der Waals surface area contributed by atoms with Crippen molar-refractivity contribution in [3.63, 3.8) is 0 Å². The van der Waals surface area contributed by atoms with Gasteiger partial charge in [0.15, 0.2) is 0 Å². The third-order valence-electron chi connectivity index (χ3n) is 10.5. The summed E-state index contributed by atoms with van der Waals surface area (Å²) in [7, 11) is 0. The van der Waals surface area contributed by atoms with Crippen molar-refractivity contribution in [3.8, 4) is 0 Å². The van der Waals surface area contributed by atoms with Crippen LogP contribution < -0.4 is 0 Å². The van der Waals surface area contributed by atoms with Gasteiger partial charge in [-0.2, -0.15) is 0 Å². The van der Waals surface area contributed by atoms with E-state index in [1.807, 2.05) is 27.7 Å². The minimum absolute atomic E-state index is 0. The molecule has 1 aliphatic carbocycles. The van der Waals surface area contributed by atoms with Crippen molar-refractivity contribution >= 4 is 0 Å². The van der Waals surface area contributed by atoms with E-state index in [-0.39, 0.29) is 14.9 Å². The van der Waals surface area contributed by atoms with Gasteiger partial charge in [-0.1, -0.05) is 217 Å². The molecule has 0 amide bonds. The maximum atomic E-state index is 2.56. The van der Waals surface area contributed by atoms with Crippen molar-refractivity contribution < 1.29 is 0 Å². The van der Waals surface area contributed by atoms with Gasteiger partial charge in [-0.15, -0.1) is 0 Å². The SMILES string of the molecule is C.C.CC.CC.CCC.CCC(C)C(C)CC.CCCC(CCCC(C)CCC(C)C1CCC(C)C1CC)C(C)C(C)C. The van der Waals surface area contributed by atoms with Gasteiger partial charge in [0.1, 0.15) is 0 Å². The normalized spacial score (nSPS) is 21.1. The lowest BCUT2D eigenvalue weighted by Gasteiger charge is -2.29. The molecule has 0 heteroatoms. The summed E-state index contributed by atoms with van der Waals surface area (Å²) in [4.78, 5) is 0. The molecular weight excluding hydrogens is 516 g/mol. The van der Waals surface area contributed by atoms with E-state index >= 15 is 0 Å². The minimum atomic E-state index is 0. The smallest absolute Gasteiger partial charge is 0.0358 e. The Morgan fingerprint density at radius 1 is 0.605 bits per heavy atom. The molecule has 270 valence electrons. The molecule has 1 rings (SSSR count). The number of rotatable bonds is 16. The van der Waals surface area contributed by atoms with Crippen LogP contribution in [0.3, 0.4) is 0 Å². The molecule has 9 unspecified atom stereocenters. The zero-order chi connectivity index (χ0) is 33.0. The summed E-state index contributed by atoms with van der Waals surface area (Å²) in [5.41, 5.74) is 0. The van der Waals surface area contributed by atoms with E-state index < -0.39 is 0 Å².